The molecule has 0 bridgehead atoms. The third-order valence-electron chi connectivity index (χ3n) is 4.02. The number of nitriles is 1. The summed E-state index contributed by atoms with van der Waals surface area (Å²) in [5.74, 6) is 0. The maximum Gasteiger partial charge on any atom is 0.150 e. The zero-order chi connectivity index (χ0) is 14.9. The fraction of sp³-hybridized carbons (Fsp3) is 0.294. The van der Waals surface area contributed by atoms with Crippen molar-refractivity contribution in [1.29, 1.82) is 5.26 Å². The molecule has 22 heavy (non-hydrogen) atoms. The summed E-state index contributed by atoms with van der Waals surface area (Å²) in [7, 11) is 0. The van der Waals surface area contributed by atoms with Crippen molar-refractivity contribution < 1.29 is 4.74 Å². The highest BCUT2D eigenvalue weighted by molar-refractivity contribution is 7.13. The zero-order valence-electron chi connectivity index (χ0n) is 12.0. The minimum Gasteiger partial charge on any atom is -0.356 e. The van der Waals surface area contributed by atoms with E-state index in [1.165, 1.54) is 0 Å². The van der Waals surface area contributed by atoms with Gasteiger partial charge in [0, 0.05) is 12.0 Å². The Labute approximate surface area is 132 Å². The van der Waals surface area contributed by atoms with Crippen LogP contribution in [0.15, 0.2) is 35.7 Å². The number of benzene rings is 1. The number of ether oxygens (including phenoxy) is 1. The van der Waals surface area contributed by atoms with E-state index >= 15 is 0 Å². The van der Waals surface area contributed by atoms with Crippen LogP contribution in [0.1, 0.15) is 31.1 Å². The largest absolute Gasteiger partial charge is 0.356 e. The van der Waals surface area contributed by atoms with Crippen LogP contribution in [0.2, 0.25) is 0 Å². The fourth-order valence-electron chi connectivity index (χ4n) is 2.94. The van der Waals surface area contributed by atoms with Crippen molar-refractivity contribution in [2.24, 2.45) is 0 Å². The molecule has 3 aromatic rings. The summed E-state index contributed by atoms with van der Waals surface area (Å²) in [6.07, 6.45) is 3.27. The van der Waals surface area contributed by atoms with Gasteiger partial charge in [-0.1, -0.05) is 6.07 Å². The van der Waals surface area contributed by atoms with Gasteiger partial charge < -0.3 is 4.74 Å². The molecule has 0 N–H and O–H groups in total. The number of aromatic nitrogens is 2. The van der Waals surface area contributed by atoms with Gasteiger partial charge in [-0.2, -0.15) is 10.4 Å². The van der Waals surface area contributed by atoms with Crippen LogP contribution in [0.4, 0.5) is 0 Å². The van der Waals surface area contributed by atoms with E-state index in [1.807, 2.05) is 34.3 Å². The van der Waals surface area contributed by atoms with Gasteiger partial charge in [0.15, 0.2) is 6.23 Å². The first-order valence-corrected chi connectivity index (χ1v) is 8.32. The lowest BCUT2D eigenvalue weighted by atomic mass is 10.1. The van der Waals surface area contributed by atoms with E-state index < -0.39 is 0 Å². The Hall–Kier alpha value is -2.16. The van der Waals surface area contributed by atoms with E-state index in [9.17, 15) is 5.26 Å². The van der Waals surface area contributed by atoms with Crippen molar-refractivity contribution in [3.8, 4) is 16.6 Å². The SMILES string of the molecule is N#Cc1ccc2c(c1)c(-c1cccs1)nn2C1CCCCO1. The zero-order valence-corrected chi connectivity index (χ0v) is 12.8. The molecule has 1 saturated heterocycles. The molecule has 0 amide bonds. The van der Waals surface area contributed by atoms with Crippen molar-refractivity contribution in [2.75, 3.05) is 6.61 Å². The van der Waals surface area contributed by atoms with E-state index in [1.54, 1.807) is 11.3 Å². The second kappa shape index (κ2) is 5.56. The van der Waals surface area contributed by atoms with Gasteiger partial charge in [-0.15, -0.1) is 11.3 Å². The van der Waals surface area contributed by atoms with E-state index in [0.29, 0.717) is 5.56 Å². The molecule has 4 nitrogen and oxygen atoms in total. The van der Waals surface area contributed by atoms with Crippen LogP contribution in [0.25, 0.3) is 21.5 Å². The Balaban J connectivity index is 1.92. The molecule has 1 unspecified atom stereocenters. The van der Waals surface area contributed by atoms with Crippen molar-refractivity contribution in [2.45, 2.75) is 25.5 Å². The molecule has 0 aliphatic carbocycles. The highest BCUT2D eigenvalue weighted by Gasteiger charge is 2.22. The van der Waals surface area contributed by atoms with Crippen molar-refractivity contribution in [1.82, 2.24) is 9.78 Å². The summed E-state index contributed by atoms with van der Waals surface area (Å²) >= 11 is 1.66. The number of fused-ring (bicyclic) bond motifs is 1. The lowest BCUT2D eigenvalue weighted by Gasteiger charge is -2.23. The molecular weight excluding hydrogens is 294 g/mol. The average Bonchev–Trinajstić information content (AvgIpc) is 3.22. The maximum absolute atomic E-state index is 9.17. The molecule has 1 aromatic carbocycles. The molecule has 0 spiro atoms. The molecule has 0 radical (unpaired) electrons. The molecule has 3 heterocycles. The van der Waals surface area contributed by atoms with Crippen LogP contribution in [0.3, 0.4) is 0 Å². The van der Waals surface area contributed by atoms with Gasteiger partial charge >= 0.3 is 0 Å². The van der Waals surface area contributed by atoms with E-state index in [0.717, 1.165) is 47.3 Å². The number of nitrogens with zero attached hydrogens (tertiary/aromatic N) is 3. The first-order chi connectivity index (χ1) is 10.9. The summed E-state index contributed by atoms with van der Waals surface area (Å²) in [4.78, 5) is 1.12. The number of hydrogen-bond donors (Lipinski definition) is 0. The molecular formula is C17H15N3OS. The van der Waals surface area contributed by atoms with Crippen LogP contribution in [0.5, 0.6) is 0 Å². The Bertz CT molecular complexity index is 839. The monoisotopic (exact) mass is 309 g/mol. The minimum atomic E-state index is -0.00195. The van der Waals surface area contributed by atoms with Crippen molar-refractivity contribution in [3.63, 3.8) is 0 Å². The molecule has 1 aliphatic heterocycles. The van der Waals surface area contributed by atoms with E-state index in [2.05, 4.69) is 12.1 Å². The van der Waals surface area contributed by atoms with Crippen LogP contribution < -0.4 is 0 Å². The second-order valence-electron chi connectivity index (χ2n) is 5.44. The molecule has 4 rings (SSSR count). The Kier molecular flexibility index (Phi) is 3.41. The summed E-state index contributed by atoms with van der Waals surface area (Å²) in [6.45, 7) is 0.788. The molecule has 5 heteroatoms. The third kappa shape index (κ3) is 2.21. The third-order valence-corrected chi connectivity index (χ3v) is 4.89. The smallest absolute Gasteiger partial charge is 0.150 e. The fourth-order valence-corrected chi connectivity index (χ4v) is 3.67. The second-order valence-corrected chi connectivity index (χ2v) is 6.38. The van der Waals surface area contributed by atoms with Crippen LogP contribution in [-0.2, 0) is 4.74 Å². The Morgan fingerprint density at radius 1 is 1.32 bits per heavy atom. The maximum atomic E-state index is 9.17. The van der Waals surface area contributed by atoms with Gasteiger partial charge in [-0.25, -0.2) is 4.68 Å². The predicted octanol–water partition coefficient (Wildman–Crippen LogP) is 4.34. The quantitative estimate of drug-likeness (QED) is 0.707. The first-order valence-electron chi connectivity index (χ1n) is 7.44. The summed E-state index contributed by atoms with van der Waals surface area (Å²) in [6, 6.07) is 12.1. The van der Waals surface area contributed by atoms with Gasteiger partial charge in [-0.3, -0.25) is 0 Å². The summed E-state index contributed by atoms with van der Waals surface area (Å²) < 4.78 is 7.89. The minimum absolute atomic E-state index is 0.00195. The highest BCUT2D eigenvalue weighted by Crippen LogP contribution is 2.35. The number of hydrogen-bond acceptors (Lipinski definition) is 4. The number of thiophene rings is 1. The first kappa shape index (κ1) is 13.5. The topological polar surface area (TPSA) is 50.8 Å². The number of rotatable bonds is 2. The van der Waals surface area contributed by atoms with E-state index in [4.69, 9.17) is 9.84 Å². The van der Waals surface area contributed by atoms with Crippen LogP contribution in [0, 0.1) is 11.3 Å². The van der Waals surface area contributed by atoms with Gasteiger partial charge in [-0.05, 0) is 48.9 Å². The Morgan fingerprint density at radius 3 is 3.00 bits per heavy atom. The summed E-state index contributed by atoms with van der Waals surface area (Å²) in [5.41, 5.74) is 2.64. The molecule has 1 aliphatic rings. The Morgan fingerprint density at radius 2 is 2.27 bits per heavy atom. The van der Waals surface area contributed by atoms with Gasteiger partial charge in [0.2, 0.25) is 0 Å². The van der Waals surface area contributed by atoms with Crippen molar-refractivity contribution >= 4 is 22.2 Å². The summed E-state index contributed by atoms with van der Waals surface area (Å²) in [5, 5.41) is 17.1. The standard InChI is InChI=1S/C17H15N3OS/c18-11-12-6-7-14-13(10-12)17(15-4-3-9-22-15)19-20(14)16-5-1-2-8-21-16/h3-4,6-7,9-10,16H,1-2,5,8H2. The van der Waals surface area contributed by atoms with Crippen LogP contribution >= 0.6 is 11.3 Å². The van der Waals surface area contributed by atoms with Gasteiger partial charge in [0.1, 0.15) is 5.69 Å². The normalized spacial score (nSPS) is 18.4. The average molecular weight is 309 g/mol. The predicted molar refractivity (Wildman–Crippen MR) is 86.6 cm³/mol. The van der Waals surface area contributed by atoms with Gasteiger partial charge in [0.05, 0.1) is 22.0 Å². The lowest BCUT2D eigenvalue weighted by molar-refractivity contribution is -0.0365. The molecule has 2 aromatic heterocycles. The highest BCUT2D eigenvalue weighted by atomic mass is 32.1. The van der Waals surface area contributed by atoms with E-state index in [-0.39, 0.29) is 6.23 Å². The van der Waals surface area contributed by atoms with Crippen LogP contribution in [-0.4, -0.2) is 16.4 Å². The molecule has 1 atom stereocenters. The van der Waals surface area contributed by atoms with Gasteiger partial charge in [0.25, 0.3) is 0 Å². The molecule has 110 valence electrons. The molecule has 0 saturated carbocycles. The van der Waals surface area contributed by atoms with Crippen molar-refractivity contribution in [3.05, 3.63) is 41.3 Å². The lowest BCUT2D eigenvalue weighted by Crippen LogP contribution is -2.19. The molecule has 1 fully saturated rings.